The summed E-state index contributed by atoms with van der Waals surface area (Å²) < 4.78 is 0. The molecule has 212 valence electrons. The van der Waals surface area contributed by atoms with Gasteiger partial charge in [0.2, 0.25) is 0 Å². The highest BCUT2D eigenvalue weighted by Crippen LogP contribution is 2.15. The molecule has 0 saturated heterocycles. The van der Waals surface area contributed by atoms with Crippen LogP contribution in [0.5, 0.6) is 0 Å². The summed E-state index contributed by atoms with van der Waals surface area (Å²) >= 11 is 0. The molecule has 0 radical (unpaired) electrons. The summed E-state index contributed by atoms with van der Waals surface area (Å²) in [6, 6.07) is 12.0. The van der Waals surface area contributed by atoms with Crippen LogP contribution in [0.2, 0.25) is 0 Å². The second-order valence-electron chi connectivity index (χ2n) is 9.56. The molecule has 2 aliphatic rings. The Bertz CT molecular complexity index is 334. The molecular weight excluding hydrogens is 420 g/mol. The molecule has 0 aliphatic heterocycles. The molecule has 0 bridgehead atoms. The summed E-state index contributed by atoms with van der Waals surface area (Å²) in [5, 5.41) is 0. The lowest BCUT2D eigenvalue weighted by Crippen LogP contribution is -1.85. The smallest absolute Gasteiger partial charge is 0.0163 e. The number of rotatable bonds is 0. The van der Waals surface area contributed by atoms with Crippen molar-refractivity contribution in [1.82, 2.24) is 0 Å². The van der Waals surface area contributed by atoms with E-state index in [9.17, 15) is 0 Å². The summed E-state index contributed by atoms with van der Waals surface area (Å²) in [6.07, 6.45) is 18.5. The SMILES string of the molecule is C1=CCC=C1.C1CCCCC1.CC.CC.CC.CC(C)C.CC(C)C.CC(C)C.c1ccccc1. The second-order valence-corrected chi connectivity index (χ2v) is 9.56. The molecule has 1 saturated carbocycles. The van der Waals surface area contributed by atoms with Crippen molar-refractivity contribution in [3.05, 3.63) is 60.7 Å². The van der Waals surface area contributed by atoms with E-state index in [1.165, 1.54) is 38.5 Å². The Hall–Kier alpha value is -1.30. The third kappa shape index (κ3) is 125. The molecule has 0 amide bonds. The highest BCUT2D eigenvalue weighted by atomic mass is 14.0. The molecule has 1 fully saturated rings. The molecular formula is C35H72. The third-order valence-corrected chi connectivity index (χ3v) is 2.82. The van der Waals surface area contributed by atoms with Gasteiger partial charge in [0.25, 0.3) is 0 Å². The molecule has 0 N–H and O–H groups in total. The van der Waals surface area contributed by atoms with Gasteiger partial charge in [-0.05, 0) is 24.2 Å². The first kappa shape index (κ1) is 47.0. The first-order valence-electron chi connectivity index (χ1n) is 15.0. The third-order valence-electron chi connectivity index (χ3n) is 2.82. The van der Waals surface area contributed by atoms with Gasteiger partial charge in [0.1, 0.15) is 0 Å². The van der Waals surface area contributed by atoms with Crippen LogP contribution >= 0.6 is 0 Å². The molecule has 0 atom stereocenters. The van der Waals surface area contributed by atoms with Crippen LogP contribution in [0.25, 0.3) is 0 Å². The molecule has 35 heavy (non-hydrogen) atoms. The van der Waals surface area contributed by atoms with E-state index in [2.05, 4.69) is 86.6 Å². The molecule has 2 aliphatic carbocycles. The minimum atomic E-state index is 0.833. The Labute approximate surface area is 227 Å². The lowest BCUT2D eigenvalue weighted by Gasteiger charge is -2.05. The van der Waals surface area contributed by atoms with Gasteiger partial charge in [-0.25, -0.2) is 0 Å². The van der Waals surface area contributed by atoms with Crippen LogP contribution < -0.4 is 0 Å². The molecule has 0 heteroatoms. The minimum Gasteiger partial charge on any atom is -0.0808 e. The lowest BCUT2D eigenvalue weighted by atomic mass is 10.0. The molecule has 0 nitrogen and oxygen atoms in total. The van der Waals surface area contributed by atoms with E-state index < -0.39 is 0 Å². The normalized spacial score (nSPS) is 11.6. The van der Waals surface area contributed by atoms with E-state index in [0.29, 0.717) is 0 Å². The Morgan fingerprint density at radius 1 is 0.343 bits per heavy atom. The molecule has 0 unspecified atom stereocenters. The molecule has 1 aromatic carbocycles. The second kappa shape index (κ2) is 53.9. The predicted molar refractivity (Wildman–Crippen MR) is 173 cm³/mol. The van der Waals surface area contributed by atoms with E-state index in [4.69, 9.17) is 0 Å². The molecule has 0 spiro atoms. The Kier molecular flexibility index (Phi) is 72.3. The summed E-state index contributed by atoms with van der Waals surface area (Å²) in [5.41, 5.74) is 0. The van der Waals surface area contributed by atoms with E-state index in [1.807, 2.05) is 77.9 Å². The van der Waals surface area contributed by atoms with Crippen molar-refractivity contribution in [3.63, 3.8) is 0 Å². The average Bonchev–Trinajstić information content (AvgIpc) is 3.45. The van der Waals surface area contributed by atoms with Crippen molar-refractivity contribution >= 4 is 0 Å². The van der Waals surface area contributed by atoms with E-state index >= 15 is 0 Å². The van der Waals surface area contributed by atoms with Crippen molar-refractivity contribution in [2.75, 3.05) is 0 Å². The van der Waals surface area contributed by atoms with Crippen LogP contribution in [0.4, 0.5) is 0 Å². The molecule has 0 aromatic heterocycles. The molecule has 1 aromatic rings. The van der Waals surface area contributed by atoms with Crippen LogP contribution in [-0.4, -0.2) is 0 Å². The minimum absolute atomic E-state index is 0.833. The van der Waals surface area contributed by atoms with Gasteiger partial charge in [0, 0.05) is 0 Å². The summed E-state index contributed by atoms with van der Waals surface area (Å²) in [7, 11) is 0. The lowest BCUT2D eigenvalue weighted by molar-refractivity contribution is 0.504. The van der Waals surface area contributed by atoms with Gasteiger partial charge >= 0.3 is 0 Å². The van der Waals surface area contributed by atoms with Gasteiger partial charge in [0.05, 0.1) is 0 Å². The molecule has 0 heterocycles. The highest BCUT2D eigenvalue weighted by molar-refractivity contribution is 5.12. The van der Waals surface area contributed by atoms with Gasteiger partial charge < -0.3 is 0 Å². The topological polar surface area (TPSA) is 0 Å². The summed E-state index contributed by atoms with van der Waals surface area (Å²) in [6.45, 7) is 31.5. The Balaban J connectivity index is -0.0000000697. The Morgan fingerprint density at radius 3 is 0.571 bits per heavy atom. The first-order valence-corrected chi connectivity index (χ1v) is 15.0. The highest BCUT2D eigenvalue weighted by Gasteiger charge is 1.95. The van der Waals surface area contributed by atoms with Crippen LogP contribution in [0.15, 0.2) is 60.7 Å². The fraction of sp³-hybridized carbons (Fsp3) is 0.714. The summed E-state index contributed by atoms with van der Waals surface area (Å²) in [4.78, 5) is 0. The number of hydrogen-bond acceptors (Lipinski definition) is 0. The number of benzene rings is 1. The number of hydrogen-bond donors (Lipinski definition) is 0. The van der Waals surface area contributed by atoms with Crippen molar-refractivity contribution in [1.29, 1.82) is 0 Å². The monoisotopic (exact) mass is 493 g/mol. The van der Waals surface area contributed by atoms with Crippen molar-refractivity contribution < 1.29 is 0 Å². The largest absolute Gasteiger partial charge is 0.0808 e. The van der Waals surface area contributed by atoms with E-state index in [0.717, 1.165) is 24.2 Å². The summed E-state index contributed by atoms with van der Waals surface area (Å²) in [5.74, 6) is 2.50. The van der Waals surface area contributed by atoms with Crippen LogP contribution in [-0.2, 0) is 0 Å². The van der Waals surface area contributed by atoms with Gasteiger partial charge in [-0.2, -0.15) is 0 Å². The zero-order valence-electron chi connectivity index (χ0n) is 27.5. The van der Waals surface area contributed by atoms with Crippen molar-refractivity contribution in [2.45, 2.75) is 149 Å². The quantitative estimate of drug-likeness (QED) is 0.337. The van der Waals surface area contributed by atoms with Crippen LogP contribution in [0, 0.1) is 17.8 Å². The van der Waals surface area contributed by atoms with Crippen molar-refractivity contribution in [3.8, 4) is 0 Å². The zero-order chi connectivity index (χ0) is 28.8. The van der Waals surface area contributed by atoms with Gasteiger partial charge in [-0.3, -0.25) is 0 Å². The van der Waals surface area contributed by atoms with Crippen molar-refractivity contribution in [2.24, 2.45) is 17.8 Å². The van der Waals surface area contributed by atoms with Crippen LogP contribution in [0.3, 0.4) is 0 Å². The van der Waals surface area contributed by atoms with Gasteiger partial charge in [-0.15, -0.1) is 0 Å². The van der Waals surface area contributed by atoms with Crippen LogP contribution in [0.1, 0.15) is 149 Å². The van der Waals surface area contributed by atoms with Gasteiger partial charge in [-0.1, -0.05) is 203 Å². The molecule has 3 rings (SSSR count). The fourth-order valence-corrected chi connectivity index (χ4v) is 1.84. The Morgan fingerprint density at radius 2 is 0.486 bits per heavy atom. The maximum absolute atomic E-state index is 2.17. The zero-order valence-corrected chi connectivity index (χ0v) is 27.5. The maximum atomic E-state index is 2.17. The predicted octanol–water partition coefficient (Wildman–Crippen LogP) is 13.6. The van der Waals surface area contributed by atoms with E-state index in [1.54, 1.807) is 0 Å². The standard InChI is InChI=1S/C6H12.C6H6.C5H6.3C4H10.3C2H6/c2*1-2-4-6-5-3-1;1-2-4-5-3-1;3*1-4(2)3;3*1-2/h1-6H2;1-6H;1-4H,5H2;3*4H,1-3H3;3*1-2H3. The van der Waals surface area contributed by atoms with E-state index in [-0.39, 0.29) is 0 Å². The van der Waals surface area contributed by atoms with Gasteiger partial charge in [0.15, 0.2) is 0 Å². The number of allylic oxidation sites excluding steroid dienone is 4. The average molecular weight is 493 g/mol. The fourth-order valence-electron chi connectivity index (χ4n) is 1.84. The maximum Gasteiger partial charge on any atom is -0.0163 e. The first-order chi connectivity index (χ1) is 16.7.